The normalized spacial score (nSPS) is 15.3. The molecule has 0 aromatic carbocycles. The lowest BCUT2D eigenvalue weighted by molar-refractivity contribution is -0.160. The fourth-order valence-electron chi connectivity index (χ4n) is 4.14. The maximum Gasteiger partial charge on any atom is 0.337 e. The lowest BCUT2D eigenvalue weighted by Crippen LogP contribution is -2.28. The summed E-state index contributed by atoms with van der Waals surface area (Å²) in [5.41, 5.74) is 3.98. The summed E-state index contributed by atoms with van der Waals surface area (Å²) in [5, 5.41) is 11.2. The lowest BCUT2D eigenvalue weighted by atomic mass is 9.88. The van der Waals surface area contributed by atoms with Gasteiger partial charge in [0.1, 0.15) is 4.83 Å². The summed E-state index contributed by atoms with van der Waals surface area (Å²) in [6.45, 7) is 7.52. The topological polar surface area (TPSA) is 72.3 Å². The number of hydrogen-bond donors (Lipinski definition) is 1. The van der Waals surface area contributed by atoms with E-state index in [9.17, 15) is 9.90 Å². The summed E-state index contributed by atoms with van der Waals surface area (Å²) in [4.78, 5) is 23.7. The molecule has 0 spiro atoms. The van der Waals surface area contributed by atoms with E-state index in [1.807, 2.05) is 39.8 Å². The molecule has 1 N–H and O–H groups in total. The summed E-state index contributed by atoms with van der Waals surface area (Å²) in [6.07, 6.45) is 6.84. The van der Waals surface area contributed by atoms with Gasteiger partial charge in [0.15, 0.2) is 6.10 Å². The van der Waals surface area contributed by atoms with Crippen molar-refractivity contribution in [2.24, 2.45) is 0 Å². The van der Waals surface area contributed by atoms with Crippen LogP contribution in [0.1, 0.15) is 61.4 Å². The van der Waals surface area contributed by atoms with E-state index in [2.05, 4.69) is 4.98 Å². The maximum absolute atomic E-state index is 12.3. The van der Waals surface area contributed by atoms with Crippen LogP contribution in [0.15, 0.2) is 24.5 Å². The van der Waals surface area contributed by atoms with E-state index in [0.717, 1.165) is 40.6 Å². The number of aromatic nitrogens is 2. The summed E-state index contributed by atoms with van der Waals surface area (Å²) >= 11 is 1.75. The standard InChI is InChI=1S/C23H26N2O3S/c1-13-17(20(22(26)27)28-23(2,3)4)18(14-9-11-24-12-10-14)19-15-7-5-6-8-16(15)29-21(19)25-13/h9-12,20H,5-8H2,1-4H3,(H,26,27). The van der Waals surface area contributed by atoms with E-state index in [0.29, 0.717) is 11.3 Å². The van der Waals surface area contributed by atoms with Crippen LogP contribution in [-0.4, -0.2) is 26.6 Å². The van der Waals surface area contributed by atoms with Gasteiger partial charge < -0.3 is 9.84 Å². The van der Waals surface area contributed by atoms with E-state index in [1.54, 1.807) is 23.7 Å². The molecule has 1 atom stereocenters. The van der Waals surface area contributed by atoms with Gasteiger partial charge in [0.05, 0.1) is 5.60 Å². The fourth-order valence-corrected chi connectivity index (χ4v) is 5.46. The minimum atomic E-state index is -1.09. The van der Waals surface area contributed by atoms with Crippen molar-refractivity contribution in [3.8, 4) is 11.1 Å². The van der Waals surface area contributed by atoms with E-state index in [1.165, 1.54) is 16.9 Å². The Morgan fingerprint density at radius 1 is 1.21 bits per heavy atom. The third-order valence-electron chi connectivity index (χ3n) is 5.26. The Balaban J connectivity index is 2.08. The van der Waals surface area contributed by atoms with Gasteiger partial charge in [0.25, 0.3) is 0 Å². The molecule has 152 valence electrons. The molecule has 0 amide bonds. The van der Waals surface area contributed by atoms with Crippen molar-refractivity contribution in [1.29, 1.82) is 0 Å². The minimum absolute atomic E-state index is 0.603. The molecule has 0 radical (unpaired) electrons. The van der Waals surface area contributed by atoms with Crippen LogP contribution >= 0.6 is 11.3 Å². The molecule has 3 aromatic rings. The number of rotatable bonds is 4. The van der Waals surface area contributed by atoms with Crippen molar-refractivity contribution >= 4 is 27.5 Å². The molecule has 1 unspecified atom stereocenters. The average Bonchev–Trinajstić information content (AvgIpc) is 3.03. The number of thiophene rings is 1. The molecule has 1 aliphatic rings. The van der Waals surface area contributed by atoms with Gasteiger partial charge in [0, 0.05) is 39.5 Å². The SMILES string of the molecule is Cc1nc2sc3c(c2c(-c2ccncc2)c1C(OC(C)(C)C)C(=O)O)CCCC3. The fraction of sp³-hybridized carbons (Fsp3) is 0.435. The van der Waals surface area contributed by atoms with Gasteiger partial charge in [-0.2, -0.15) is 0 Å². The molecule has 0 bridgehead atoms. The Labute approximate surface area is 174 Å². The van der Waals surface area contributed by atoms with Crippen molar-refractivity contribution < 1.29 is 14.6 Å². The van der Waals surface area contributed by atoms with Gasteiger partial charge in [-0.15, -0.1) is 11.3 Å². The van der Waals surface area contributed by atoms with Gasteiger partial charge in [-0.25, -0.2) is 9.78 Å². The first-order valence-electron chi connectivity index (χ1n) is 10.0. The highest BCUT2D eigenvalue weighted by Crippen LogP contribution is 2.45. The van der Waals surface area contributed by atoms with Crippen LogP contribution in [0.4, 0.5) is 0 Å². The quantitative estimate of drug-likeness (QED) is 0.616. The first-order valence-corrected chi connectivity index (χ1v) is 10.8. The van der Waals surface area contributed by atoms with Gasteiger partial charge in [-0.05, 0) is 76.6 Å². The largest absolute Gasteiger partial charge is 0.479 e. The third-order valence-corrected chi connectivity index (χ3v) is 6.44. The molecule has 4 rings (SSSR count). The first-order chi connectivity index (χ1) is 13.8. The van der Waals surface area contributed by atoms with E-state index >= 15 is 0 Å². The number of ether oxygens (including phenoxy) is 1. The van der Waals surface area contributed by atoms with Crippen LogP contribution in [0.5, 0.6) is 0 Å². The molecule has 3 aromatic heterocycles. The molecule has 0 saturated carbocycles. The first kappa shape index (κ1) is 20.0. The number of carboxylic acids is 1. The summed E-state index contributed by atoms with van der Waals surface area (Å²) in [6, 6.07) is 3.89. The van der Waals surface area contributed by atoms with Crippen molar-refractivity contribution in [2.45, 2.75) is 65.1 Å². The molecular weight excluding hydrogens is 384 g/mol. The molecule has 6 heteroatoms. The van der Waals surface area contributed by atoms with Crippen LogP contribution in [0, 0.1) is 6.92 Å². The van der Waals surface area contributed by atoms with Crippen molar-refractivity contribution in [2.75, 3.05) is 0 Å². The number of nitrogens with zero attached hydrogens (tertiary/aromatic N) is 2. The predicted octanol–water partition coefficient (Wildman–Crippen LogP) is 5.49. The Kier molecular flexibility index (Phi) is 5.17. The highest BCUT2D eigenvalue weighted by atomic mass is 32.1. The summed E-state index contributed by atoms with van der Waals surface area (Å²) in [7, 11) is 0. The number of aryl methyl sites for hydroxylation is 3. The molecule has 5 nitrogen and oxygen atoms in total. The van der Waals surface area contributed by atoms with Crippen molar-refractivity contribution in [3.05, 3.63) is 46.2 Å². The van der Waals surface area contributed by atoms with E-state index in [4.69, 9.17) is 9.72 Å². The smallest absolute Gasteiger partial charge is 0.337 e. The Hall–Kier alpha value is -2.31. The number of fused-ring (bicyclic) bond motifs is 3. The van der Waals surface area contributed by atoms with Crippen LogP contribution in [0.3, 0.4) is 0 Å². The van der Waals surface area contributed by atoms with Crippen LogP contribution < -0.4 is 0 Å². The molecule has 1 aliphatic carbocycles. The Bertz CT molecular complexity index is 1070. The molecule has 0 saturated heterocycles. The van der Waals surface area contributed by atoms with Gasteiger partial charge in [-0.1, -0.05) is 0 Å². The second-order valence-electron chi connectivity index (χ2n) is 8.56. The van der Waals surface area contributed by atoms with Crippen LogP contribution in [0.25, 0.3) is 21.3 Å². The number of hydrogen-bond acceptors (Lipinski definition) is 5. The molecule has 0 fully saturated rings. The van der Waals surface area contributed by atoms with Gasteiger partial charge in [0.2, 0.25) is 0 Å². The highest BCUT2D eigenvalue weighted by molar-refractivity contribution is 7.19. The number of aliphatic carboxylic acids is 1. The highest BCUT2D eigenvalue weighted by Gasteiger charge is 2.33. The molecule has 3 heterocycles. The number of carboxylic acid groups (broad SMARTS) is 1. The minimum Gasteiger partial charge on any atom is -0.479 e. The van der Waals surface area contributed by atoms with Crippen LogP contribution in [0.2, 0.25) is 0 Å². The zero-order valence-electron chi connectivity index (χ0n) is 17.3. The number of pyridine rings is 2. The van der Waals surface area contributed by atoms with Crippen molar-refractivity contribution in [3.63, 3.8) is 0 Å². The van der Waals surface area contributed by atoms with E-state index < -0.39 is 17.7 Å². The zero-order valence-corrected chi connectivity index (χ0v) is 18.1. The second kappa shape index (κ2) is 7.50. The third kappa shape index (κ3) is 3.79. The Morgan fingerprint density at radius 3 is 2.55 bits per heavy atom. The molecule has 29 heavy (non-hydrogen) atoms. The summed E-state index contributed by atoms with van der Waals surface area (Å²) < 4.78 is 6.05. The van der Waals surface area contributed by atoms with Crippen LogP contribution in [-0.2, 0) is 22.4 Å². The second-order valence-corrected chi connectivity index (χ2v) is 9.64. The molecular formula is C23H26N2O3S. The molecule has 0 aliphatic heterocycles. The van der Waals surface area contributed by atoms with Gasteiger partial charge in [-0.3, -0.25) is 4.98 Å². The monoisotopic (exact) mass is 410 g/mol. The average molecular weight is 411 g/mol. The van der Waals surface area contributed by atoms with E-state index in [-0.39, 0.29) is 0 Å². The number of carbonyl (C=O) groups is 1. The summed E-state index contributed by atoms with van der Waals surface area (Å²) in [5.74, 6) is -0.997. The van der Waals surface area contributed by atoms with Gasteiger partial charge >= 0.3 is 5.97 Å². The Morgan fingerprint density at radius 2 is 1.90 bits per heavy atom. The predicted molar refractivity (Wildman–Crippen MR) is 115 cm³/mol. The lowest BCUT2D eigenvalue weighted by Gasteiger charge is -2.28. The maximum atomic E-state index is 12.3. The zero-order chi connectivity index (χ0) is 20.8. The van der Waals surface area contributed by atoms with Crippen molar-refractivity contribution in [1.82, 2.24) is 9.97 Å².